The molecule has 90 valence electrons. The van der Waals surface area contributed by atoms with Crippen molar-refractivity contribution in [3.63, 3.8) is 0 Å². The van der Waals surface area contributed by atoms with Gasteiger partial charge in [0.2, 0.25) is 0 Å². The highest BCUT2D eigenvalue weighted by molar-refractivity contribution is 9.10. The number of nitrogens with zero attached hydrogens (tertiary/aromatic N) is 3. The smallest absolute Gasteiger partial charge is 0.159 e. The molecule has 0 amide bonds. The van der Waals surface area contributed by atoms with Gasteiger partial charge in [-0.3, -0.25) is 0 Å². The Labute approximate surface area is 111 Å². The van der Waals surface area contributed by atoms with Crippen LogP contribution in [-0.4, -0.2) is 14.8 Å². The van der Waals surface area contributed by atoms with Crippen LogP contribution in [0.4, 0.5) is 4.39 Å². The molecule has 3 nitrogen and oxygen atoms in total. The van der Waals surface area contributed by atoms with Gasteiger partial charge in [0.25, 0.3) is 0 Å². The van der Waals surface area contributed by atoms with E-state index in [-0.39, 0.29) is 5.82 Å². The molecule has 0 aliphatic rings. The molecular weight excluding hydrogens is 297 g/mol. The van der Waals surface area contributed by atoms with Crippen LogP contribution in [0.15, 0.2) is 47.2 Å². The molecule has 5 heteroatoms. The zero-order valence-corrected chi connectivity index (χ0v) is 10.9. The van der Waals surface area contributed by atoms with Gasteiger partial charge in [0.1, 0.15) is 10.4 Å². The summed E-state index contributed by atoms with van der Waals surface area (Å²) in [5.74, 6) is -0.229. The van der Waals surface area contributed by atoms with Crippen molar-refractivity contribution in [1.29, 1.82) is 0 Å². The molecule has 0 fully saturated rings. The van der Waals surface area contributed by atoms with Gasteiger partial charge in [-0.2, -0.15) is 5.10 Å². The van der Waals surface area contributed by atoms with Crippen LogP contribution in [0.1, 0.15) is 5.56 Å². The standard InChI is InChI=1S/C13H9BrFN3/c14-12-10-5-3-7-16-13(10)18(17-12)8-9-4-1-2-6-11(9)15/h1-7H,8H2. The van der Waals surface area contributed by atoms with E-state index in [1.807, 2.05) is 18.2 Å². The van der Waals surface area contributed by atoms with E-state index in [0.29, 0.717) is 12.1 Å². The molecule has 0 aliphatic heterocycles. The third-order valence-corrected chi connectivity index (χ3v) is 3.33. The number of hydrogen-bond acceptors (Lipinski definition) is 2. The van der Waals surface area contributed by atoms with Crippen LogP contribution < -0.4 is 0 Å². The molecule has 0 spiro atoms. The maximum atomic E-state index is 13.6. The Morgan fingerprint density at radius 1 is 1.17 bits per heavy atom. The van der Waals surface area contributed by atoms with Crippen LogP contribution in [0, 0.1) is 5.82 Å². The number of hydrogen-bond donors (Lipinski definition) is 0. The molecule has 0 N–H and O–H groups in total. The van der Waals surface area contributed by atoms with Gasteiger partial charge < -0.3 is 0 Å². The minimum atomic E-state index is -0.229. The minimum absolute atomic E-state index is 0.229. The lowest BCUT2D eigenvalue weighted by Crippen LogP contribution is -2.04. The number of benzene rings is 1. The fourth-order valence-corrected chi connectivity index (χ4v) is 2.37. The first-order chi connectivity index (χ1) is 8.75. The Morgan fingerprint density at radius 2 is 2.00 bits per heavy atom. The van der Waals surface area contributed by atoms with E-state index in [1.165, 1.54) is 6.07 Å². The topological polar surface area (TPSA) is 30.7 Å². The van der Waals surface area contributed by atoms with Crippen molar-refractivity contribution in [3.8, 4) is 0 Å². The second-order valence-corrected chi connectivity index (χ2v) is 4.67. The first-order valence-electron chi connectivity index (χ1n) is 5.46. The summed E-state index contributed by atoms with van der Waals surface area (Å²) in [4.78, 5) is 4.28. The van der Waals surface area contributed by atoms with Crippen LogP contribution in [0.5, 0.6) is 0 Å². The van der Waals surface area contributed by atoms with Crippen molar-refractivity contribution in [3.05, 3.63) is 58.6 Å². The molecule has 0 saturated carbocycles. The Balaban J connectivity index is 2.08. The summed E-state index contributed by atoms with van der Waals surface area (Å²) in [5.41, 5.74) is 1.34. The summed E-state index contributed by atoms with van der Waals surface area (Å²) in [6, 6.07) is 10.5. The summed E-state index contributed by atoms with van der Waals surface area (Å²) in [6.07, 6.45) is 1.70. The van der Waals surface area contributed by atoms with E-state index in [4.69, 9.17) is 0 Å². The number of rotatable bonds is 2. The van der Waals surface area contributed by atoms with Crippen molar-refractivity contribution in [2.75, 3.05) is 0 Å². The Hall–Kier alpha value is -1.75. The van der Waals surface area contributed by atoms with Gasteiger partial charge in [-0.15, -0.1) is 0 Å². The van der Waals surface area contributed by atoms with Crippen molar-refractivity contribution >= 4 is 27.0 Å². The number of aromatic nitrogens is 3. The van der Waals surface area contributed by atoms with Gasteiger partial charge >= 0.3 is 0 Å². The monoisotopic (exact) mass is 305 g/mol. The molecule has 2 aromatic heterocycles. The first-order valence-corrected chi connectivity index (χ1v) is 6.25. The summed E-state index contributed by atoms with van der Waals surface area (Å²) >= 11 is 3.38. The maximum Gasteiger partial charge on any atom is 0.159 e. The average molecular weight is 306 g/mol. The minimum Gasteiger partial charge on any atom is -0.242 e. The van der Waals surface area contributed by atoms with Crippen LogP contribution in [0.3, 0.4) is 0 Å². The maximum absolute atomic E-state index is 13.6. The molecule has 0 atom stereocenters. The van der Waals surface area contributed by atoms with E-state index in [0.717, 1.165) is 15.6 Å². The summed E-state index contributed by atoms with van der Waals surface area (Å²) < 4.78 is 16.0. The molecule has 0 bridgehead atoms. The second kappa shape index (κ2) is 4.49. The molecule has 3 rings (SSSR count). The summed E-state index contributed by atoms with van der Waals surface area (Å²) in [6.45, 7) is 0.367. The zero-order chi connectivity index (χ0) is 12.5. The zero-order valence-electron chi connectivity index (χ0n) is 9.35. The molecule has 3 aromatic rings. The normalized spacial score (nSPS) is 11.0. The van der Waals surface area contributed by atoms with Crippen molar-refractivity contribution in [1.82, 2.24) is 14.8 Å². The van der Waals surface area contributed by atoms with Gasteiger partial charge in [0.05, 0.1) is 11.9 Å². The van der Waals surface area contributed by atoms with E-state index < -0.39 is 0 Å². The lowest BCUT2D eigenvalue weighted by Gasteiger charge is -2.03. The number of fused-ring (bicyclic) bond motifs is 1. The van der Waals surface area contributed by atoms with E-state index in [2.05, 4.69) is 26.0 Å². The molecular formula is C13H9BrFN3. The van der Waals surface area contributed by atoms with Crippen molar-refractivity contribution in [2.24, 2.45) is 0 Å². The number of halogens is 2. The SMILES string of the molecule is Fc1ccccc1Cn1nc(Br)c2cccnc21. The summed E-state index contributed by atoms with van der Waals surface area (Å²) in [5, 5.41) is 5.26. The quantitative estimate of drug-likeness (QED) is 0.726. The largest absolute Gasteiger partial charge is 0.242 e. The molecule has 0 saturated heterocycles. The molecule has 0 aliphatic carbocycles. The van der Waals surface area contributed by atoms with E-state index >= 15 is 0 Å². The highest BCUT2D eigenvalue weighted by atomic mass is 79.9. The lowest BCUT2D eigenvalue weighted by molar-refractivity contribution is 0.588. The van der Waals surface area contributed by atoms with Crippen molar-refractivity contribution in [2.45, 2.75) is 6.54 Å². The van der Waals surface area contributed by atoms with Gasteiger partial charge in [0.15, 0.2) is 5.65 Å². The highest BCUT2D eigenvalue weighted by Crippen LogP contribution is 2.22. The first kappa shape index (κ1) is 11.3. The highest BCUT2D eigenvalue weighted by Gasteiger charge is 2.10. The Kier molecular flexibility index (Phi) is 2.83. The average Bonchev–Trinajstić information content (AvgIpc) is 2.70. The molecule has 2 heterocycles. The van der Waals surface area contributed by atoms with Crippen molar-refractivity contribution < 1.29 is 4.39 Å². The predicted molar refractivity (Wildman–Crippen MR) is 70.7 cm³/mol. The fraction of sp³-hybridized carbons (Fsp3) is 0.0769. The van der Waals surface area contributed by atoms with Gasteiger partial charge in [-0.05, 0) is 34.1 Å². The Morgan fingerprint density at radius 3 is 2.83 bits per heavy atom. The van der Waals surface area contributed by atoms with Crippen LogP contribution >= 0.6 is 15.9 Å². The van der Waals surface area contributed by atoms with Gasteiger partial charge in [0, 0.05) is 11.8 Å². The molecule has 0 radical (unpaired) electrons. The van der Waals surface area contributed by atoms with Gasteiger partial charge in [-0.1, -0.05) is 18.2 Å². The molecule has 0 unspecified atom stereocenters. The van der Waals surface area contributed by atoms with Crippen LogP contribution in [-0.2, 0) is 6.54 Å². The summed E-state index contributed by atoms with van der Waals surface area (Å²) in [7, 11) is 0. The lowest BCUT2D eigenvalue weighted by atomic mass is 10.2. The van der Waals surface area contributed by atoms with E-state index in [1.54, 1.807) is 23.0 Å². The van der Waals surface area contributed by atoms with Crippen LogP contribution in [0.25, 0.3) is 11.0 Å². The number of pyridine rings is 1. The van der Waals surface area contributed by atoms with Crippen LogP contribution in [0.2, 0.25) is 0 Å². The predicted octanol–water partition coefficient (Wildman–Crippen LogP) is 3.38. The fourth-order valence-electron chi connectivity index (χ4n) is 1.87. The third-order valence-electron chi connectivity index (χ3n) is 2.74. The third kappa shape index (κ3) is 1.90. The van der Waals surface area contributed by atoms with E-state index in [9.17, 15) is 4.39 Å². The molecule has 18 heavy (non-hydrogen) atoms. The second-order valence-electron chi connectivity index (χ2n) is 3.91. The molecule has 1 aromatic carbocycles. The Bertz CT molecular complexity index is 708. The van der Waals surface area contributed by atoms with Gasteiger partial charge in [-0.25, -0.2) is 14.1 Å².